The topological polar surface area (TPSA) is 60.5 Å². The van der Waals surface area contributed by atoms with E-state index >= 15 is 0 Å². The van der Waals surface area contributed by atoms with Crippen LogP contribution >= 0.6 is 11.8 Å². The van der Waals surface area contributed by atoms with Gasteiger partial charge in [-0.05, 0) is 48.9 Å². The Morgan fingerprint density at radius 2 is 1.93 bits per heavy atom. The molecular weight excluding hydrogens is 360 g/mol. The SMILES string of the molecule is COC(=O)Nc1ccc(OCc2cccnc2Sc2ccccc2)cc1C. The average molecular weight is 380 g/mol. The Kier molecular flexibility index (Phi) is 6.33. The molecule has 0 aliphatic rings. The number of benzene rings is 2. The molecule has 1 heterocycles. The molecule has 138 valence electrons. The number of amides is 1. The maximum atomic E-state index is 11.3. The molecule has 0 aliphatic heterocycles. The molecule has 3 rings (SSSR count). The molecule has 1 N–H and O–H groups in total. The Labute approximate surface area is 162 Å². The Morgan fingerprint density at radius 1 is 1.11 bits per heavy atom. The number of hydrogen-bond acceptors (Lipinski definition) is 5. The largest absolute Gasteiger partial charge is 0.489 e. The normalized spacial score (nSPS) is 10.3. The number of carbonyl (C=O) groups is 1. The van der Waals surface area contributed by atoms with Gasteiger partial charge < -0.3 is 9.47 Å². The highest BCUT2D eigenvalue weighted by molar-refractivity contribution is 7.99. The monoisotopic (exact) mass is 380 g/mol. The van der Waals surface area contributed by atoms with Crippen LogP contribution in [0, 0.1) is 6.92 Å². The molecule has 0 bridgehead atoms. The van der Waals surface area contributed by atoms with E-state index in [1.807, 2.05) is 49.4 Å². The maximum Gasteiger partial charge on any atom is 0.411 e. The van der Waals surface area contributed by atoms with Gasteiger partial charge in [-0.3, -0.25) is 5.32 Å². The smallest absolute Gasteiger partial charge is 0.411 e. The van der Waals surface area contributed by atoms with Crippen molar-refractivity contribution in [2.75, 3.05) is 12.4 Å². The first-order chi connectivity index (χ1) is 13.2. The summed E-state index contributed by atoms with van der Waals surface area (Å²) in [7, 11) is 1.33. The quantitative estimate of drug-likeness (QED) is 0.629. The highest BCUT2D eigenvalue weighted by atomic mass is 32.2. The van der Waals surface area contributed by atoms with Crippen molar-refractivity contribution < 1.29 is 14.3 Å². The van der Waals surface area contributed by atoms with E-state index < -0.39 is 6.09 Å². The minimum absolute atomic E-state index is 0.409. The summed E-state index contributed by atoms with van der Waals surface area (Å²) < 4.78 is 10.6. The van der Waals surface area contributed by atoms with Crippen LogP contribution in [0.1, 0.15) is 11.1 Å². The van der Waals surface area contributed by atoms with Crippen LogP contribution in [0.3, 0.4) is 0 Å². The van der Waals surface area contributed by atoms with Gasteiger partial charge in [0.1, 0.15) is 17.4 Å². The van der Waals surface area contributed by atoms with Crippen molar-refractivity contribution in [3.05, 3.63) is 78.0 Å². The molecule has 0 saturated heterocycles. The van der Waals surface area contributed by atoms with Gasteiger partial charge in [-0.1, -0.05) is 36.0 Å². The Hall–Kier alpha value is -2.99. The summed E-state index contributed by atoms with van der Waals surface area (Å²) in [5, 5.41) is 3.59. The summed E-state index contributed by atoms with van der Waals surface area (Å²) >= 11 is 1.61. The zero-order valence-electron chi connectivity index (χ0n) is 15.1. The molecule has 0 atom stereocenters. The standard InChI is InChI=1S/C21H20N2O3S/c1-15-13-17(10-11-19(15)23-21(24)25-2)26-14-16-7-6-12-22-20(16)27-18-8-4-3-5-9-18/h3-13H,14H2,1-2H3,(H,23,24). The second-order valence-corrected chi connectivity index (χ2v) is 6.83. The van der Waals surface area contributed by atoms with E-state index in [1.165, 1.54) is 7.11 Å². The molecule has 0 unspecified atom stereocenters. The number of ether oxygens (including phenoxy) is 2. The van der Waals surface area contributed by atoms with Gasteiger partial charge in [-0.25, -0.2) is 9.78 Å². The first-order valence-corrected chi connectivity index (χ1v) is 9.22. The fourth-order valence-electron chi connectivity index (χ4n) is 2.41. The van der Waals surface area contributed by atoms with Crippen LogP contribution in [0.2, 0.25) is 0 Å². The van der Waals surface area contributed by atoms with Crippen LogP contribution in [-0.2, 0) is 11.3 Å². The van der Waals surface area contributed by atoms with Crippen LogP contribution in [0.25, 0.3) is 0 Å². The molecular formula is C21H20N2O3S. The summed E-state index contributed by atoms with van der Waals surface area (Å²) in [6.45, 7) is 2.31. The molecule has 6 heteroatoms. The van der Waals surface area contributed by atoms with Gasteiger partial charge in [0.05, 0.1) is 7.11 Å². The number of aromatic nitrogens is 1. The van der Waals surface area contributed by atoms with E-state index in [0.717, 1.165) is 26.8 Å². The third kappa shape index (κ3) is 5.24. The summed E-state index contributed by atoms with van der Waals surface area (Å²) in [4.78, 5) is 17.0. The molecule has 1 amide bonds. The highest BCUT2D eigenvalue weighted by Gasteiger charge is 2.08. The molecule has 0 radical (unpaired) electrons. The zero-order valence-corrected chi connectivity index (χ0v) is 16.0. The Balaban J connectivity index is 1.68. The second kappa shape index (κ2) is 9.09. The van der Waals surface area contributed by atoms with Crippen LogP contribution in [0.5, 0.6) is 5.75 Å². The number of hydrogen-bond donors (Lipinski definition) is 1. The predicted octanol–water partition coefficient (Wildman–Crippen LogP) is 5.30. The zero-order chi connectivity index (χ0) is 19.1. The van der Waals surface area contributed by atoms with Gasteiger partial charge in [0, 0.05) is 22.3 Å². The lowest BCUT2D eigenvalue weighted by atomic mass is 10.2. The van der Waals surface area contributed by atoms with Gasteiger partial charge >= 0.3 is 6.09 Å². The molecule has 0 saturated carbocycles. The maximum absolute atomic E-state index is 11.3. The molecule has 0 spiro atoms. The van der Waals surface area contributed by atoms with E-state index in [-0.39, 0.29) is 0 Å². The van der Waals surface area contributed by atoms with Gasteiger partial charge in [0.15, 0.2) is 0 Å². The van der Waals surface area contributed by atoms with Crippen molar-refractivity contribution in [1.82, 2.24) is 4.98 Å². The number of carbonyl (C=O) groups excluding carboxylic acids is 1. The number of rotatable bonds is 6. The number of nitrogens with one attached hydrogen (secondary N) is 1. The third-order valence-electron chi connectivity index (χ3n) is 3.82. The van der Waals surface area contributed by atoms with Gasteiger partial charge in [0.2, 0.25) is 0 Å². The van der Waals surface area contributed by atoms with Crippen molar-refractivity contribution in [3.8, 4) is 5.75 Å². The fraction of sp³-hybridized carbons (Fsp3) is 0.143. The number of anilines is 1. The van der Waals surface area contributed by atoms with Gasteiger partial charge in [-0.2, -0.15) is 0 Å². The van der Waals surface area contributed by atoms with Crippen molar-refractivity contribution in [2.45, 2.75) is 23.5 Å². The van der Waals surface area contributed by atoms with E-state index in [9.17, 15) is 4.79 Å². The minimum Gasteiger partial charge on any atom is -0.489 e. The number of aryl methyl sites for hydroxylation is 1. The lowest BCUT2D eigenvalue weighted by Crippen LogP contribution is -2.11. The van der Waals surface area contributed by atoms with Crippen molar-refractivity contribution >= 4 is 23.5 Å². The summed E-state index contributed by atoms with van der Waals surface area (Å²) in [5.41, 5.74) is 2.60. The summed E-state index contributed by atoms with van der Waals surface area (Å²) in [6.07, 6.45) is 1.29. The average Bonchev–Trinajstić information content (AvgIpc) is 2.70. The summed E-state index contributed by atoms with van der Waals surface area (Å²) in [5.74, 6) is 0.724. The second-order valence-electron chi connectivity index (χ2n) is 5.76. The van der Waals surface area contributed by atoms with Crippen molar-refractivity contribution in [1.29, 1.82) is 0 Å². The van der Waals surface area contributed by atoms with E-state index in [0.29, 0.717) is 12.3 Å². The highest BCUT2D eigenvalue weighted by Crippen LogP contribution is 2.29. The molecule has 5 nitrogen and oxygen atoms in total. The van der Waals surface area contributed by atoms with E-state index in [4.69, 9.17) is 4.74 Å². The van der Waals surface area contributed by atoms with E-state index in [1.54, 1.807) is 24.0 Å². The van der Waals surface area contributed by atoms with Crippen molar-refractivity contribution in [2.24, 2.45) is 0 Å². The Morgan fingerprint density at radius 3 is 2.67 bits per heavy atom. The third-order valence-corrected chi connectivity index (χ3v) is 4.89. The predicted molar refractivity (Wildman–Crippen MR) is 106 cm³/mol. The lowest BCUT2D eigenvalue weighted by molar-refractivity contribution is 0.187. The molecule has 27 heavy (non-hydrogen) atoms. The van der Waals surface area contributed by atoms with E-state index in [2.05, 4.69) is 27.2 Å². The fourth-order valence-corrected chi connectivity index (χ4v) is 3.30. The lowest BCUT2D eigenvalue weighted by Gasteiger charge is -2.12. The summed E-state index contributed by atoms with van der Waals surface area (Å²) in [6, 6.07) is 19.5. The molecule has 0 fully saturated rings. The molecule has 2 aromatic carbocycles. The van der Waals surface area contributed by atoms with Gasteiger partial charge in [-0.15, -0.1) is 0 Å². The first kappa shape index (κ1) is 18.8. The van der Waals surface area contributed by atoms with Crippen LogP contribution in [-0.4, -0.2) is 18.2 Å². The van der Waals surface area contributed by atoms with Crippen LogP contribution in [0.4, 0.5) is 10.5 Å². The van der Waals surface area contributed by atoms with Gasteiger partial charge in [0.25, 0.3) is 0 Å². The van der Waals surface area contributed by atoms with Crippen LogP contribution < -0.4 is 10.1 Å². The minimum atomic E-state index is -0.496. The number of methoxy groups -OCH3 is 1. The number of nitrogens with zero attached hydrogens (tertiary/aromatic N) is 1. The molecule has 1 aromatic heterocycles. The Bertz CT molecular complexity index is 916. The number of pyridine rings is 1. The molecule has 3 aromatic rings. The first-order valence-electron chi connectivity index (χ1n) is 8.41. The van der Waals surface area contributed by atoms with Crippen molar-refractivity contribution in [3.63, 3.8) is 0 Å². The van der Waals surface area contributed by atoms with Crippen LogP contribution in [0.15, 0.2) is 76.8 Å². The molecule has 0 aliphatic carbocycles.